The molecule has 1 aromatic carbocycles. The summed E-state index contributed by atoms with van der Waals surface area (Å²) in [7, 11) is 3.02. The van der Waals surface area contributed by atoms with E-state index in [-0.39, 0.29) is 12.5 Å². The number of esters is 1. The van der Waals surface area contributed by atoms with Crippen molar-refractivity contribution >= 4 is 11.7 Å². The molecule has 1 aromatic rings. The molecular formula is C12H17NO3. The summed E-state index contributed by atoms with van der Waals surface area (Å²) < 4.78 is 9.81. The predicted molar refractivity (Wildman–Crippen MR) is 63.0 cm³/mol. The lowest BCUT2D eigenvalue weighted by molar-refractivity contribution is -0.138. The largest absolute Gasteiger partial charge is 0.496 e. The van der Waals surface area contributed by atoms with Gasteiger partial charge < -0.3 is 14.8 Å². The van der Waals surface area contributed by atoms with E-state index in [4.69, 9.17) is 4.74 Å². The Morgan fingerprint density at radius 3 is 2.25 bits per heavy atom. The number of carbonyl (C=O) groups excluding carboxylic acids is 1. The fourth-order valence-corrected chi connectivity index (χ4v) is 1.62. The van der Waals surface area contributed by atoms with Crippen LogP contribution in [0.15, 0.2) is 12.1 Å². The van der Waals surface area contributed by atoms with Crippen LogP contribution in [-0.2, 0) is 9.53 Å². The molecule has 0 bridgehead atoms. The van der Waals surface area contributed by atoms with E-state index >= 15 is 0 Å². The highest BCUT2D eigenvalue weighted by Crippen LogP contribution is 2.26. The smallest absolute Gasteiger partial charge is 0.325 e. The Hall–Kier alpha value is -1.71. The minimum Gasteiger partial charge on any atom is -0.496 e. The maximum atomic E-state index is 11.0. The second-order valence-corrected chi connectivity index (χ2v) is 3.57. The summed E-state index contributed by atoms with van der Waals surface area (Å²) in [5.41, 5.74) is 2.96. The van der Waals surface area contributed by atoms with Gasteiger partial charge in [-0.15, -0.1) is 0 Å². The van der Waals surface area contributed by atoms with Gasteiger partial charge in [0, 0.05) is 5.69 Å². The van der Waals surface area contributed by atoms with Crippen LogP contribution in [0, 0.1) is 13.8 Å². The zero-order chi connectivity index (χ0) is 12.1. The van der Waals surface area contributed by atoms with Gasteiger partial charge in [0.15, 0.2) is 0 Å². The number of rotatable bonds is 4. The quantitative estimate of drug-likeness (QED) is 0.792. The molecule has 0 radical (unpaired) electrons. The van der Waals surface area contributed by atoms with Gasteiger partial charge in [0.05, 0.1) is 14.2 Å². The number of anilines is 1. The van der Waals surface area contributed by atoms with Crippen LogP contribution in [0.3, 0.4) is 0 Å². The van der Waals surface area contributed by atoms with Crippen LogP contribution < -0.4 is 10.1 Å². The third kappa shape index (κ3) is 2.89. The first-order valence-corrected chi connectivity index (χ1v) is 5.04. The lowest BCUT2D eigenvalue weighted by Crippen LogP contribution is -2.15. The summed E-state index contributed by atoms with van der Waals surface area (Å²) in [5.74, 6) is 0.592. The molecule has 4 nitrogen and oxygen atoms in total. The first-order valence-electron chi connectivity index (χ1n) is 5.04. The van der Waals surface area contributed by atoms with Crippen LogP contribution in [0.25, 0.3) is 0 Å². The van der Waals surface area contributed by atoms with Crippen molar-refractivity contribution in [3.05, 3.63) is 23.3 Å². The molecule has 16 heavy (non-hydrogen) atoms. The average molecular weight is 223 g/mol. The number of benzene rings is 1. The molecule has 0 fully saturated rings. The van der Waals surface area contributed by atoms with E-state index in [1.807, 2.05) is 26.0 Å². The summed E-state index contributed by atoms with van der Waals surface area (Å²) in [6.45, 7) is 4.10. The molecule has 0 saturated heterocycles. The van der Waals surface area contributed by atoms with Crippen LogP contribution in [0.2, 0.25) is 0 Å². The Balaban J connectivity index is 2.79. The predicted octanol–water partition coefficient (Wildman–Crippen LogP) is 1.90. The van der Waals surface area contributed by atoms with Crippen LogP contribution in [0.4, 0.5) is 5.69 Å². The number of ether oxygens (including phenoxy) is 2. The molecule has 1 rings (SSSR count). The molecule has 4 heteroatoms. The number of methoxy groups -OCH3 is 2. The van der Waals surface area contributed by atoms with Crippen LogP contribution in [-0.4, -0.2) is 26.7 Å². The van der Waals surface area contributed by atoms with Crippen molar-refractivity contribution in [3.63, 3.8) is 0 Å². The summed E-state index contributed by atoms with van der Waals surface area (Å²) in [6.07, 6.45) is 0. The van der Waals surface area contributed by atoms with Gasteiger partial charge in [0.25, 0.3) is 0 Å². The van der Waals surface area contributed by atoms with Gasteiger partial charge in [-0.3, -0.25) is 4.79 Å². The highest BCUT2D eigenvalue weighted by atomic mass is 16.5. The monoisotopic (exact) mass is 223 g/mol. The molecule has 0 unspecified atom stereocenters. The first kappa shape index (κ1) is 12.4. The molecule has 0 aliphatic carbocycles. The zero-order valence-corrected chi connectivity index (χ0v) is 10.1. The summed E-state index contributed by atoms with van der Waals surface area (Å²) in [6, 6.07) is 3.88. The van der Waals surface area contributed by atoms with Crippen molar-refractivity contribution < 1.29 is 14.3 Å². The van der Waals surface area contributed by atoms with Crippen molar-refractivity contribution in [1.29, 1.82) is 0 Å². The van der Waals surface area contributed by atoms with Crippen LogP contribution >= 0.6 is 0 Å². The molecule has 1 N–H and O–H groups in total. The van der Waals surface area contributed by atoms with Crippen molar-refractivity contribution in [3.8, 4) is 5.75 Å². The summed E-state index contributed by atoms with van der Waals surface area (Å²) >= 11 is 0. The topological polar surface area (TPSA) is 47.6 Å². The molecule has 0 atom stereocenters. The Kier molecular flexibility index (Phi) is 4.17. The van der Waals surface area contributed by atoms with Gasteiger partial charge >= 0.3 is 5.97 Å². The van der Waals surface area contributed by atoms with E-state index in [0.29, 0.717) is 0 Å². The number of nitrogens with one attached hydrogen (secondary N) is 1. The Labute approximate surface area is 95.6 Å². The molecule has 0 heterocycles. The SMILES string of the molecule is COC(=O)CNc1cc(C)c(OC)c(C)c1. The second-order valence-electron chi connectivity index (χ2n) is 3.57. The second kappa shape index (κ2) is 5.39. The normalized spacial score (nSPS) is 9.75. The fourth-order valence-electron chi connectivity index (χ4n) is 1.62. The number of carbonyl (C=O) groups is 1. The van der Waals surface area contributed by atoms with E-state index in [1.54, 1.807) is 7.11 Å². The molecule has 0 aromatic heterocycles. The lowest BCUT2D eigenvalue weighted by Gasteiger charge is -2.12. The Morgan fingerprint density at radius 2 is 1.81 bits per heavy atom. The lowest BCUT2D eigenvalue weighted by atomic mass is 10.1. The standard InChI is InChI=1S/C12H17NO3/c1-8-5-10(13-7-11(14)15-3)6-9(2)12(8)16-4/h5-6,13H,7H2,1-4H3. The molecule has 0 amide bonds. The van der Waals surface area contributed by atoms with Crippen LogP contribution in [0.5, 0.6) is 5.75 Å². The fraction of sp³-hybridized carbons (Fsp3) is 0.417. The van der Waals surface area contributed by atoms with E-state index in [9.17, 15) is 4.79 Å². The maximum absolute atomic E-state index is 11.0. The van der Waals surface area contributed by atoms with Gasteiger partial charge in [-0.05, 0) is 37.1 Å². The van der Waals surface area contributed by atoms with Gasteiger partial charge in [0.2, 0.25) is 0 Å². The van der Waals surface area contributed by atoms with Crippen molar-refractivity contribution in [2.45, 2.75) is 13.8 Å². The van der Waals surface area contributed by atoms with Crippen LogP contribution in [0.1, 0.15) is 11.1 Å². The maximum Gasteiger partial charge on any atom is 0.325 e. The Morgan fingerprint density at radius 1 is 1.25 bits per heavy atom. The highest BCUT2D eigenvalue weighted by molar-refractivity contribution is 5.75. The Bertz CT molecular complexity index is 365. The van der Waals surface area contributed by atoms with Gasteiger partial charge in [0.1, 0.15) is 12.3 Å². The number of hydrogen-bond donors (Lipinski definition) is 1. The van der Waals surface area contributed by atoms with Gasteiger partial charge in [-0.1, -0.05) is 0 Å². The number of hydrogen-bond acceptors (Lipinski definition) is 4. The van der Waals surface area contributed by atoms with Crippen molar-refractivity contribution in [2.24, 2.45) is 0 Å². The molecule has 0 aliphatic rings. The molecule has 88 valence electrons. The molecular weight excluding hydrogens is 206 g/mol. The third-order valence-corrected chi connectivity index (χ3v) is 2.33. The average Bonchev–Trinajstić information content (AvgIpc) is 2.25. The van der Waals surface area contributed by atoms with Gasteiger partial charge in [-0.25, -0.2) is 0 Å². The van der Waals surface area contributed by atoms with E-state index in [2.05, 4.69) is 10.1 Å². The summed E-state index contributed by atoms with van der Waals surface area (Å²) in [5, 5.41) is 3.00. The van der Waals surface area contributed by atoms with Crippen molar-refractivity contribution in [2.75, 3.05) is 26.1 Å². The molecule has 0 saturated carbocycles. The number of aryl methyl sites for hydroxylation is 2. The summed E-state index contributed by atoms with van der Waals surface area (Å²) in [4.78, 5) is 11.0. The third-order valence-electron chi connectivity index (χ3n) is 2.33. The van der Waals surface area contributed by atoms with Gasteiger partial charge in [-0.2, -0.15) is 0 Å². The minimum atomic E-state index is -0.286. The van der Waals surface area contributed by atoms with E-state index in [0.717, 1.165) is 22.6 Å². The highest BCUT2D eigenvalue weighted by Gasteiger charge is 2.06. The zero-order valence-electron chi connectivity index (χ0n) is 10.1. The van der Waals surface area contributed by atoms with Crippen molar-refractivity contribution in [1.82, 2.24) is 0 Å². The molecule has 0 aliphatic heterocycles. The minimum absolute atomic E-state index is 0.168. The first-order chi connectivity index (χ1) is 7.58. The van der Waals surface area contributed by atoms with E-state index in [1.165, 1.54) is 7.11 Å². The van der Waals surface area contributed by atoms with E-state index < -0.39 is 0 Å². The molecule has 0 spiro atoms.